The molecule has 0 radical (unpaired) electrons. The molecule has 0 saturated carbocycles. The fourth-order valence-electron chi connectivity index (χ4n) is 1.42. The molecule has 1 atom stereocenters. The van der Waals surface area contributed by atoms with Gasteiger partial charge in [-0.15, -0.1) is 0 Å². The van der Waals surface area contributed by atoms with Gasteiger partial charge in [0.25, 0.3) is 11.8 Å². The number of carbonyl (C=O) groups excluding carboxylic acids is 2. The Morgan fingerprint density at radius 3 is 2.72 bits per heavy atom. The van der Waals surface area contributed by atoms with Crippen LogP contribution in [0.15, 0.2) is 24.3 Å². The highest BCUT2D eigenvalue weighted by atomic mass is 16.5. The Hall–Kier alpha value is -1.92. The zero-order valence-corrected chi connectivity index (χ0v) is 10.4. The highest BCUT2D eigenvalue weighted by Gasteiger charge is 2.16. The molecule has 0 saturated heterocycles. The van der Waals surface area contributed by atoms with Crippen molar-refractivity contribution in [2.45, 2.75) is 6.10 Å². The van der Waals surface area contributed by atoms with Crippen LogP contribution in [0, 0.1) is 0 Å². The Balaban J connectivity index is 2.79. The molecule has 0 heterocycles. The number of amides is 2. The summed E-state index contributed by atoms with van der Waals surface area (Å²) in [5.74, 6) is -0.553. The van der Waals surface area contributed by atoms with Crippen LogP contribution >= 0.6 is 0 Å². The number of benzene rings is 1. The molecule has 2 amide bonds. The quantitative estimate of drug-likeness (QED) is 0.684. The second-order valence-corrected chi connectivity index (χ2v) is 3.61. The molecule has 1 aromatic rings. The maximum absolute atomic E-state index is 11.7. The lowest BCUT2D eigenvalue weighted by atomic mass is 10.2. The third-order valence-corrected chi connectivity index (χ3v) is 2.41. The first kappa shape index (κ1) is 14.1. The van der Waals surface area contributed by atoms with Crippen LogP contribution in [0.5, 0.6) is 0 Å². The molecule has 0 aromatic heterocycles. The molecule has 0 aliphatic heterocycles. The van der Waals surface area contributed by atoms with Crippen molar-refractivity contribution >= 4 is 17.5 Å². The first-order valence-electron chi connectivity index (χ1n) is 5.48. The van der Waals surface area contributed by atoms with Gasteiger partial charge in [-0.1, -0.05) is 6.07 Å². The first-order valence-corrected chi connectivity index (χ1v) is 5.48. The molecule has 0 fully saturated rings. The van der Waals surface area contributed by atoms with Gasteiger partial charge in [-0.25, -0.2) is 0 Å². The van der Waals surface area contributed by atoms with Crippen molar-refractivity contribution in [1.82, 2.24) is 5.32 Å². The molecular formula is C12H17N3O3. The number of rotatable bonds is 5. The SMILES string of the molecule is CNC(=O)c1cccc(NC(=O)C(CN)OC)c1. The van der Waals surface area contributed by atoms with Gasteiger partial charge in [0.1, 0.15) is 6.10 Å². The minimum absolute atomic E-state index is 0.0947. The Bertz CT molecular complexity index is 430. The van der Waals surface area contributed by atoms with Crippen molar-refractivity contribution in [3.8, 4) is 0 Å². The normalized spacial score (nSPS) is 11.7. The van der Waals surface area contributed by atoms with Crippen molar-refractivity contribution in [1.29, 1.82) is 0 Å². The van der Waals surface area contributed by atoms with Gasteiger partial charge in [-0.3, -0.25) is 9.59 Å². The summed E-state index contributed by atoms with van der Waals surface area (Å²) in [5, 5.41) is 5.15. The third kappa shape index (κ3) is 3.54. The van der Waals surface area contributed by atoms with E-state index in [1.165, 1.54) is 7.11 Å². The third-order valence-electron chi connectivity index (χ3n) is 2.41. The van der Waals surface area contributed by atoms with E-state index >= 15 is 0 Å². The van der Waals surface area contributed by atoms with Crippen LogP contribution in [0.25, 0.3) is 0 Å². The highest BCUT2D eigenvalue weighted by molar-refractivity contribution is 5.98. The molecule has 98 valence electrons. The molecule has 4 N–H and O–H groups in total. The average Bonchev–Trinajstić information content (AvgIpc) is 2.39. The molecule has 1 aromatic carbocycles. The summed E-state index contributed by atoms with van der Waals surface area (Å²) in [6, 6.07) is 6.61. The summed E-state index contributed by atoms with van der Waals surface area (Å²) in [6.45, 7) is 0.0947. The minimum Gasteiger partial charge on any atom is -0.370 e. The molecule has 0 aliphatic carbocycles. The van der Waals surface area contributed by atoms with Crippen LogP contribution in [0.3, 0.4) is 0 Å². The average molecular weight is 251 g/mol. The van der Waals surface area contributed by atoms with Crippen LogP contribution < -0.4 is 16.4 Å². The van der Waals surface area contributed by atoms with Crippen molar-refractivity contribution < 1.29 is 14.3 Å². The second kappa shape index (κ2) is 6.73. The predicted molar refractivity (Wildman–Crippen MR) is 68.3 cm³/mol. The fourth-order valence-corrected chi connectivity index (χ4v) is 1.42. The number of nitrogens with two attached hydrogens (primary N) is 1. The van der Waals surface area contributed by atoms with Crippen LogP contribution in [0.2, 0.25) is 0 Å². The van der Waals surface area contributed by atoms with Crippen molar-refractivity contribution in [3.63, 3.8) is 0 Å². The number of hydrogen-bond acceptors (Lipinski definition) is 4. The first-order chi connectivity index (χ1) is 8.62. The van der Waals surface area contributed by atoms with Crippen LogP contribution in [0.1, 0.15) is 10.4 Å². The summed E-state index contributed by atoms with van der Waals surface area (Å²) < 4.78 is 4.92. The Morgan fingerprint density at radius 2 is 2.17 bits per heavy atom. The topological polar surface area (TPSA) is 93.5 Å². The standard InChI is InChI=1S/C12H17N3O3/c1-14-11(16)8-4-3-5-9(6-8)15-12(17)10(7-13)18-2/h3-6,10H,7,13H2,1-2H3,(H,14,16)(H,15,17). The van der Waals surface area contributed by atoms with Crippen molar-refractivity contribution in [2.24, 2.45) is 5.73 Å². The van der Waals surface area contributed by atoms with E-state index < -0.39 is 6.10 Å². The fraction of sp³-hybridized carbons (Fsp3) is 0.333. The van der Waals surface area contributed by atoms with Gasteiger partial charge in [0.2, 0.25) is 0 Å². The number of nitrogens with one attached hydrogen (secondary N) is 2. The number of carbonyl (C=O) groups is 2. The van der Waals surface area contributed by atoms with Gasteiger partial charge in [0, 0.05) is 32.0 Å². The molecular weight excluding hydrogens is 234 g/mol. The molecule has 0 aliphatic rings. The summed E-state index contributed by atoms with van der Waals surface area (Å²) in [4.78, 5) is 23.1. The van der Waals surface area contributed by atoms with E-state index in [1.807, 2.05) is 0 Å². The van der Waals surface area contributed by atoms with E-state index in [9.17, 15) is 9.59 Å². The lowest BCUT2D eigenvalue weighted by Crippen LogP contribution is -2.35. The number of hydrogen-bond donors (Lipinski definition) is 3. The van der Waals surface area contributed by atoms with Gasteiger partial charge < -0.3 is 21.1 Å². The largest absolute Gasteiger partial charge is 0.370 e. The lowest BCUT2D eigenvalue weighted by Gasteiger charge is -2.13. The molecule has 0 bridgehead atoms. The summed E-state index contributed by atoms with van der Waals surface area (Å²) in [7, 11) is 2.96. The molecule has 0 spiro atoms. The molecule has 18 heavy (non-hydrogen) atoms. The van der Waals surface area contributed by atoms with Crippen LogP contribution in [0.4, 0.5) is 5.69 Å². The summed E-state index contributed by atoms with van der Waals surface area (Å²) >= 11 is 0. The number of ether oxygens (including phenoxy) is 1. The van der Waals surface area contributed by atoms with Gasteiger partial charge in [-0.05, 0) is 18.2 Å². The zero-order chi connectivity index (χ0) is 13.5. The summed E-state index contributed by atoms with van der Waals surface area (Å²) in [6.07, 6.45) is -0.700. The van der Waals surface area contributed by atoms with E-state index in [0.29, 0.717) is 11.3 Å². The molecule has 6 heteroatoms. The highest BCUT2D eigenvalue weighted by Crippen LogP contribution is 2.11. The Kier molecular flexibility index (Phi) is 5.29. The Morgan fingerprint density at radius 1 is 1.44 bits per heavy atom. The maximum Gasteiger partial charge on any atom is 0.254 e. The molecule has 1 rings (SSSR count). The van der Waals surface area contributed by atoms with Crippen LogP contribution in [-0.4, -0.2) is 38.6 Å². The van der Waals surface area contributed by atoms with Crippen molar-refractivity contribution in [2.75, 3.05) is 26.0 Å². The summed E-state index contributed by atoms with van der Waals surface area (Å²) in [5.41, 5.74) is 6.38. The smallest absolute Gasteiger partial charge is 0.254 e. The van der Waals surface area contributed by atoms with E-state index in [-0.39, 0.29) is 18.4 Å². The second-order valence-electron chi connectivity index (χ2n) is 3.61. The predicted octanol–water partition coefficient (Wildman–Crippen LogP) is -0.0416. The number of anilines is 1. The maximum atomic E-state index is 11.7. The lowest BCUT2D eigenvalue weighted by molar-refractivity contribution is -0.125. The van der Waals surface area contributed by atoms with Gasteiger partial charge in [-0.2, -0.15) is 0 Å². The van der Waals surface area contributed by atoms with Gasteiger partial charge in [0.15, 0.2) is 0 Å². The van der Waals surface area contributed by atoms with E-state index in [0.717, 1.165) is 0 Å². The monoisotopic (exact) mass is 251 g/mol. The van der Waals surface area contributed by atoms with E-state index in [4.69, 9.17) is 10.5 Å². The van der Waals surface area contributed by atoms with E-state index in [2.05, 4.69) is 10.6 Å². The van der Waals surface area contributed by atoms with E-state index in [1.54, 1.807) is 31.3 Å². The number of methoxy groups -OCH3 is 1. The van der Waals surface area contributed by atoms with Gasteiger partial charge >= 0.3 is 0 Å². The van der Waals surface area contributed by atoms with Crippen LogP contribution in [-0.2, 0) is 9.53 Å². The minimum atomic E-state index is -0.700. The zero-order valence-electron chi connectivity index (χ0n) is 10.4. The van der Waals surface area contributed by atoms with Gasteiger partial charge in [0.05, 0.1) is 0 Å². The van der Waals surface area contributed by atoms with Crippen molar-refractivity contribution in [3.05, 3.63) is 29.8 Å². The molecule has 1 unspecified atom stereocenters. The molecule has 6 nitrogen and oxygen atoms in total. The Labute approximate surface area is 105 Å².